The van der Waals surface area contributed by atoms with Crippen molar-refractivity contribution in [2.75, 3.05) is 20.3 Å². The number of hydrogen-bond donors (Lipinski definition) is 0. The molecule has 0 unspecified atom stereocenters. The molecule has 30 heavy (non-hydrogen) atoms. The second-order valence-corrected chi connectivity index (χ2v) is 7.39. The van der Waals surface area contributed by atoms with Crippen molar-refractivity contribution in [3.63, 3.8) is 0 Å². The molecule has 4 nitrogen and oxygen atoms in total. The summed E-state index contributed by atoms with van der Waals surface area (Å²) in [6.07, 6.45) is 8.01. The monoisotopic (exact) mass is 409 g/mol. The maximum absolute atomic E-state index is 6.11. The van der Waals surface area contributed by atoms with E-state index in [0.29, 0.717) is 13.2 Å². The van der Waals surface area contributed by atoms with Gasteiger partial charge in [-0.3, -0.25) is 0 Å². The molecule has 0 fully saturated rings. The summed E-state index contributed by atoms with van der Waals surface area (Å²) in [6.45, 7) is 9.51. The number of allylic oxidation sites excluding steroid dienone is 1. The molecule has 0 amide bonds. The molecular weight excluding hydrogens is 374 g/mol. The topological polar surface area (TPSA) is 40.0 Å². The van der Waals surface area contributed by atoms with Crippen LogP contribution in [-0.2, 0) is 11.3 Å². The third-order valence-corrected chi connectivity index (χ3v) is 4.91. The standard InChI is InChI=1S/C26H35NO3/c1-6-8-10-25(27-28-5)23-13-11-22(12-14-23)15-17-30-26-20(3)18-24(19-21(26)4)29-16-9-7-2/h7,9,11-14,18-19H,6,8,10,15-17H2,1-5H3/b9-7+,27-25+. The van der Waals surface area contributed by atoms with Gasteiger partial charge in [-0.2, -0.15) is 0 Å². The molecule has 0 N–H and O–H groups in total. The summed E-state index contributed by atoms with van der Waals surface area (Å²) in [7, 11) is 1.60. The van der Waals surface area contributed by atoms with Crippen molar-refractivity contribution in [1.29, 1.82) is 0 Å². The minimum absolute atomic E-state index is 0.584. The Hall–Kier alpha value is -2.75. The third kappa shape index (κ3) is 7.25. The lowest BCUT2D eigenvalue weighted by Gasteiger charge is -2.14. The number of oxime groups is 1. The average Bonchev–Trinajstić information content (AvgIpc) is 2.74. The molecule has 4 heteroatoms. The molecule has 0 aromatic heterocycles. The predicted molar refractivity (Wildman–Crippen MR) is 125 cm³/mol. The number of hydrogen-bond acceptors (Lipinski definition) is 4. The van der Waals surface area contributed by atoms with Crippen molar-refractivity contribution >= 4 is 5.71 Å². The Labute approximate surface area is 181 Å². The molecule has 0 atom stereocenters. The van der Waals surface area contributed by atoms with Gasteiger partial charge in [0, 0.05) is 6.42 Å². The quantitative estimate of drug-likeness (QED) is 0.231. The van der Waals surface area contributed by atoms with Gasteiger partial charge in [-0.1, -0.05) is 54.9 Å². The molecule has 0 aliphatic rings. The second kappa shape index (κ2) is 12.7. The van der Waals surface area contributed by atoms with Crippen LogP contribution in [0.5, 0.6) is 11.5 Å². The Morgan fingerprint density at radius 1 is 1.03 bits per heavy atom. The number of unbranched alkanes of at least 4 members (excludes halogenated alkanes) is 1. The van der Waals surface area contributed by atoms with Gasteiger partial charge in [-0.05, 0) is 68.0 Å². The highest BCUT2D eigenvalue weighted by atomic mass is 16.6. The van der Waals surface area contributed by atoms with E-state index in [0.717, 1.165) is 59.6 Å². The van der Waals surface area contributed by atoms with Gasteiger partial charge in [0.1, 0.15) is 25.2 Å². The molecule has 2 aromatic carbocycles. The molecule has 0 aliphatic carbocycles. The molecule has 2 aromatic rings. The summed E-state index contributed by atoms with van der Waals surface area (Å²) in [6, 6.07) is 12.6. The largest absolute Gasteiger partial charge is 0.493 e. The summed E-state index contributed by atoms with van der Waals surface area (Å²) in [5, 5.41) is 4.19. The molecule has 2 rings (SSSR count). The first-order valence-electron chi connectivity index (χ1n) is 10.8. The number of aryl methyl sites for hydroxylation is 2. The van der Waals surface area contributed by atoms with Crippen LogP contribution in [0.15, 0.2) is 53.7 Å². The zero-order valence-corrected chi connectivity index (χ0v) is 19.0. The van der Waals surface area contributed by atoms with Gasteiger partial charge >= 0.3 is 0 Å². The molecule has 0 radical (unpaired) electrons. The maximum Gasteiger partial charge on any atom is 0.125 e. The van der Waals surface area contributed by atoms with Crippen molar-refractivity contribution in [2.24, 2.45) is 5.16 Å². The fraction of sp³-hybridized carbons (Fsp3) is 0.423. The molecule has 0 saturated carbocycles. The molecular formula is C26H35NO3. The van der Waals surface area contributed by atoms with E-state index in [9.17, 15) is 0 Å². The average molecular weight is 410 g/mol. The summed E-state index contributed by atoms with van der Waals surface area (Å²) in [5.74, 6) is 1.82. The molecule has 162 valence electrons. The number of rotatable bonds is 12. The SMILES string of the molecule is C/C=C/COc1cc(C)c(OCCc2ccc(/C(CCCC)=N/OC)cc2)c(C)c1. The van der Waals surface area contributed by atoms with Crippen LogP contribution >= 0.6 is 0 Å². The van der Waals surface area contributed by atoms with Gasteiger partial charge < -0.3 is 14.3 Å². The summed E-state index contributed by atoms with van der Waals surface area (Å²) in [4.78, 5) is 5.01. The lowest BCUT2D eigenvalue weighted by molar-refractivity contribution is 0.212. The second-order valence-electron chi connectivity index (χ2n) is 7.39. The molecule has 0 aliphatic heterocycles. The zero-order valence-electron chi connectivity index (χ0n) is 19.0. The first-order valence-corrected chi connectivity index (χ1v) is 10.8. The third-order valence-electron chi connectivity index (χ3n) is 4.91. The Morgan fingerprint density at radius 2 is 1.73 bits per heavy atom. The van der Waals surface area contributed by atoms with Crippen molar-refractivity contribution < 1.29 is 14.3 Å². The van der Waals surface area contributed by atoms with Crippen molar-refractivity contribution in [1.82, 2.24) is 0 Å². The van der Waals surface area contributed by atoms with Gasteiger partial charge in [0.15, 0.2) is 0 Å². The van der Waals surface area contributed by atoms with E-state index in [4.69, 9.17) is 14.3 Å². The van der Waals surface area contributed by atoms with E-state index < -0.39 is 0 Å². The van der Waals surface area contributed by atoms with Crippen LogP contribution < -0.4 is 9.47 Å². The molecule has 0 saturated heterocycles. The smallest absolute Gasteiger partial charge is 0.125 e. The number of ether oxygens (including phenoxy) is 2. The minimum atomic E-state index is 0.584. The first-order chi connectivity index (χ1) is 14.6. The Morgan fingerprint density at radius 3 is 2.33 bits per heavy atom. The fourth-order valence-corrected chi connectivity index (χ4v) is 3.29. The van der Waals surface area contributed by atoms with E-state index >= 15 is 0 Å². The van der Waals surface area contributed by atoms with Crippen LogP contribution in [0.1, 0.15) is 55.4 Å². The van der Waals surface area contributed by atoms with E-state index in [1.165, 1.54) is 5.56 Å². The van der Waals surface area contributed by atoms with Crippen LogP contribution in [0, 0.1) is 13.8 Å². The number of nitrogens with zero attached hydrogens (tertiary/aromatic N) is 1. The molecule has 0 spiro atoms. The van der Waals surface area contributed by atoms with Crippen LogP contribution in [0.4, 0.5) is 0 Å². The Kier molecular flexibility index (Phi) is 9.99. The first kappa shape index (κ1) is 23.5. The van der Waals surface area contributed by atoms with Crippen molar-refractivity contribution in [2.45, 2.75) is 53.4 Å². The summed E-state index contributed by atoms with van der Waals surface area (Å²) >= 11 is 0. The molecule has 0 bridgehead atoms. The Balaban J connectivity index is 1.94. The zero-order chi connectivity index (χ0) is 21.8. The van der Waals surface area contributed by atoms with Crippen molar-refractivity contribution in [3.05, 3.63) is 70.8 Å². The normalized spacial score (nSPS) is 11.7. The van der Waals surface area contributed by atoms with E-state index in [1.807, 2.05) is 31.2 Å². The Bertz CT molecular complexity index is 815. The van der Waals surface area contributed by atoms with Crippen LogP contribution in [-0.4, -0.2) is 26.0 Å². The summed E-state index contributed by atoms with van der Waals surface area (Å²) in [5.41, 5.74) is 5.56. The van der Waals surface area contributed by atoms with Gasteiger partial charge in [0.05, 0.1) is 12.3 Å². The minimum Gasteiger partial charge on any atom is -0.493 e. The highest BCUT2D eigenvalue weighted by Crippen LogP contribution is 2.28. The molecule has 0 heterocycles. The van der Waals surface area contributed by atoms with Gasteiger partial charge in [-0.15, -0.1) is 0 Å². The van der Waals surface area contributed by atoms with Crippen LogP contribution in [0.2, 0.25) is 0 Å². The van der Waals surface area contributed by atoms with Crippen LogP contribution in [0.25, 0.3) is 0 Å². The van der Waals surface area contributed by atoms with E-state index in [2.05, 4.69) is 50.2 Å². The van der Waals surface area contributed by atoms with E-state index in [-0.39, 0.29) is 0 Å². The maximum atomic E-state index is 6.11. The van der Waals surface area contributed by atoms with Crippen molar-refractivity contribution in [3.8, 4) is 11.5 Å². The highest BCUT2D eigenvalue weighted by Gasteiger charge is 2.08. The lowest BCUT2D eigenvalue weighted by atomic mass is 10.0. The summed E-state index contributed by atoms with van der Waals surface area (Å²) < 4.78 is 11.9. The van der Waals surface area contributed by atoms with Crippen LogP contribution in [0.3, 0.4) is 0 Å². The fourth-order valence-electron chi connectivity index (χ4n) is 3.29. The van der Waals surface area contributed by atoms with Gasteiger partial charge in [0.2, 0.25) is 0 Å². The predicted octanol–water partition coefficient (Wildman–Crippen LogP) is 6.42. The van der Waals surface area contributed by atoms with Gasteiger partial charge in [0.25, 0.3) is 0 Å². The highest BCUT2D eigenvalue weighted by molar-refractivity contribution is 6.00. The van der Waals surface area contributed by atoms with Gasteiger partial charge in [-0.25, -0.2) is 0 Å². The number of benzene rings is 2. The lowest BCUT2D eigenvalue weighted by Crippen LogP contribution is -2.06. The van der Waals surface area contributed by atoms with E-state index in [1.54, 1.807) is 7.11 Å².